The number of hydrogen-bond donors (Lipinski definition) is 2. The van der Waals surface area contributed by atoms with Gasteiger partial charge in [0.25, 0.3) is 5.91 Å². The maximum Gasteiger partial charge on any atom is 0.282 e. The number of aryl methyl sites for hydroxylation is 1. The number of carbonyl (C=O) groups is 1. The van der Waals surface area contributed by atoms with Crippen LogP contribution in [0.3, 0.4) is 0 Å². The van der Waals surface area contributed by atoms with Crippen LogP contribution in [0.4, 0.5) is 5.13 Å². The van der Waals surface area contributed by atoms with Gasteiger partial charge in [0.05, 0.1) is 6.04 Å². The minimum Gasteiger partial charge on any atom is -0.360 e. The highest BCUT2D eigenvalue weighted by Crippen LogP contribution is 2.17. The second-order valence-electron chi connectivity index (χ2n) is 4.94. The Morgan fingerprint density at radius 2 is 2.00 bits per heavy atom. The lowest BCUT2D eigenvalue weighted by atomic mass is 10.1. The van der Waals surface area contributed by atoms with Crippen molar-refractivity contribution in [3.8, 4) is 0 Å². The molecule has 5 nitrogen and oxygen atoms in total. The molecule has 1 aromatic heterocycles. The molecule has 6 heteroatoms. The molecule has 112 valence electrons. The summed E-state index contributed by atoms with van der Waals surface area (Å²) in [7, 11) is 0. The third-order valence-electron chi connectivity index (χ3n) is 3.07. The Kier molecular flexibility index (Phi) is 5.27. The van der Waals surface area contributed by atoms with E-state index in [2.05, 4.69) is 27.8 Å². The highest BCUT2D eigenvalue weighted by atomic mass is 32.1. The fourth-order valence-corrected chi connectivity index (χ4v) is 2.49. The van der Waals surface area contributed by atoms with E-state index in [1.165, 1.54) is 16.9 Å². The highest BCUT2D eigenvalue weighted by Gasteiger charge is 2.15. The minimum absolute atomic E-state index is 0.0611. The van der Waals surface area contributed by atoms with Crippen molar-refractivity contribution in [2.45, 2.75) is 33.2 Å². The summed E-state index contributed by atoms with van der Waals surface area (Å²) < 4.78 is 0. The fraction of sp³-hybridized carbons (Fsp3) is 0.400. The second-order valence-corrected chi connectivity index (χ2v) is 5.92. The van der Waals surface area contributed by atoms with E-state index >= 15 is 0 Å². The van der Waals surface area contributed by atoms with Crippen LogP contribution in [0.15, 0.2) is 24.3 Å². The van der Waals surface area contributed by atoms with Crippen molar-refractivity contribution in [1.82, 2.24) is 15.5 Å². The van der Waals surface area contributed by atoms with Crippen molar-refractivity contribution < 1.29 is 4.79 Å². The third kappa shape index (κ3) is 4.26. The number of anilines is 1. The van der Waals surface area contributed by atoms with Gasteiger partial charge in [-0.25, -0.2) is 0 Å². The molecule has 21 heavy (non-hydrogen) atoms. The standard InChI is InChI=1S/C15H20N4OS/c1-4-9-16-15-19-18-14(21-15)13(20)17-11(3)12-7-5-10(2)6-8-12/h5-8,11H,4,9H2,1-3H3,(H,16,19)(H,17,20). The van der Waals surface area contributed by atoms with Crippen LogP contribution in [-0.4, -0.2) is 22.6 Å². The van der Waals surface area contributed by atoms with Gasteiger partial charge in [0.15, 0.2) is 0 Å². The molecule has 1 unspecified atom stereocenters. The number of benzene rings is 1. The summed E-state index contributed by atoms with van der Waals surface area (Å²) in [5.74, 6) is -0.190. The molecule has 1 heterocycles. The van der Waals surface area contributed by atoms with Crippen LogP contribution in [0, 0.1) is 6.92 Å². The SMILES string of the molecule is CCCNc1nnc(C(=O)NC(C)c2ccc(C)cc2)s1. The zero-order chi connectivity index (χ0) is 15.2. The summed E-state index contributed by atoms with van der Waals surface area (Å²) in [4.78, 5) is 12.2. The van der Waals surface area contributed by atoms with E-state index < -0.39 is 0 Å². The Labute approximate surface area is 128 Å². The van der Waals surface area contributed by atoms with Crippen LogP contribution in [0.2, 0.25) is 0 Å². The molecular formula is C15H20N4OS. The van der Waals surface area contributed by atoms with Gasteiger partial charge in [-0.15, -0.1) is 10.2 Å². The predicted molar refractivity (Wildman–Crippen MR) is 85.7 cm³/mol. The number of aromatic nitrogens is 2. The van der Waals surface area contributed by atoms with Crippen molar-refractivity contribution in [3.05, 3.63) is 40.4 Å². The van der Waals surface area contributed by atoms with Crippen LogP contribution >= 0.6 is 11.3 Å². The van der Waals surface area contributed by atoms with E-state index in [0.717, 1.165) is 18.5 Å². The highest BCUT2D eigenvalue weighted by molar-refractivity contribution is 7.17. The van der Waals surface area contributed by atoms with E-state index in [0.29, 0.717) is 10.1 Å². The van der Waals surface area contributed by atoms with Gasteiger partial charge in [0.1, 0.15) is 0 Å². The molecule has 0 spiro atoms. The molecule has 0 aliphatic rings. The van der Waals surface area contributed by atoms with E-state index in [1.807, 2.05) is 38.1 Å². The van der Waals surface area contributed by atoms with Crippen molar-refractivity contribution >= 4 is 22.4 Å². The first-order valence-corrected chi connectivity index (χ1v) is 7.86. The first-order chi connectivity index (χ1) is 10.1. The van der Waals surface area contributed by atoms with Gasteiger partial charge in [-0.05, 0) is 25.8 Å². The summed E-state index contributed by atoms with van der Waals surface area (Å²) in [5.41, 5.74) is 2.27. The average molecular weight is 304 g/mol. The molecule has 1 atom stereocenters. The number of carbonyl (C=O) groups excluding carboxylic acids is 1. The number of rotatable bonds is 6. The molecule has 0 bridgehead atoms. The smallest absolute Gasteiger partial charge is 0.282 e. The van der Waals surface area contributed by atoms with Crippen LogP contribution in [0.25, 0.3) is 0 Å². The largest absolute Gasteiger partial charge is 0.360 e. The molecule has 0 radical (unpaired) electrons. The number of amides is 1. The molecule has 0 saturated carbocycles. The second kappa shape index (κ2) is 7.17. The molecule has 0 fully saturated rings. The Bertz CT molecular complexity index is 594. The summed E-state index contributed by atoms with van der Waals surface area (Å²) >= 11 is 1.28. The van der Waals surface area contributed by atoms with Crippen molar-refractivity contribution in [2.75, 3.05) is 11.9 Å². The minimum atomic E-state index is -0.190. The molecule has 2 N–H and O–H groups in total. The number of hydrogen-bond acceptors (Lipinski definition) is 5. The molecular weight excluding hydrogens is 284 g/mol. The van der Waals surface area contributed by atoms with E-state index in [9.17, 15) is 4.79 Å². The zero-order valence-corrected chi connectivity index (χ0v) is 13.3. The molecule has 0 aliphatic carbocycles. The summed E-state index contributed by atoms with van der Waals surface area (Å²) in [5, 5.41) is 15.0. The molecule has 0 saturated heterocycles. The van der Waals surface area contributed by atoms with E-state index in [1.54, 1.807) is 0 Å². The van der Waals surface area contributed by atoms with Gasteiger partial charge in [0, 0.05) is 6.54 Å². The zero-order valence-electron chi connectivity index (χ0n) is 12.5. The van der Waals surface area contributed by atoms with Crippen molar-refractivity contribution in [3.63, 3.8) is 0 Å². The molecule has 2 rings (SSSR count). The lowest BCUT2D eigenvalue weighted by Crippen LogP contribution is -2.26. The third-order valence-corrected chi connectivity index (χ3v) is 3.95. The van der Waals surface area contributed by atoms with Gasteiger partial charge in [0.2, 0.25) is 10.1 Å². The van der Waals surface area contributed by atoms with Gasteiger partial charge < -0.3 is 10.6 Å². The Hall–Kier alpha value is -1.95. The predicted octanol–water partition coefficient (Wildman–Crippen LogP) is 3.16. The maximum atomic E-state index is 12.2. The summed E-state index contributed by atoms with van der Waals surface area (Å²) in [6.07, 6.45) is 1.01. The molecule has 1 aromatic carbocycles. The van der Waals surface area contributed by atoms with Gasteiger partial charge in [-0.1, -0.05) is 48.1 Å². The van der Waals surface area contributed by atoms with Crippen molar-refractivity contribution in [1.29, 1.82) is 0 Å². The Morgan fingerprint density at radius 1 is 1.29 bits per heavy atom. The van der Waals surface area contributed by atoms with Crippen LogP contribution in [0.1, 0.15) is 47.2 Å². The first-order valence-electron chi connectivity index (χ1n) is 7.05. The number of nitrogens with zero attached hydrogens (tertiary/aromatic N) is 2. The van der Waals surface area contributed by atoms with Crippen molar-refractivity contribution in [2.24, 2.45) is 0 Å². The number of nitrogens with one attached hydrogen (secondary N) is 2. The van der Waals surface area contributed by atoms with Crippen LogP contribution < -0.4 is 10.6 Å². The monoisotopic (exact) mass is 304 g/mol. The van der Waals surface area contributed by atoms with E-state index in [-0.39, 0.29) is 11.9 Å². The quantitative estimate of drug-likeness (QED) is 0.860. The summed E-state index contributed by atoms with van der Waals surface area (Å²) in [6.45, 7) is 6.90. The summed E-state index contributed by atoms with van der Waals surface area (Å²) in [6, 6.07) is 8.06. The maximum absolute atomic E-state index is 12.2. The van der Waals surface area contributed by atoms with Crippen LogP contribution in [-0.2, 0) is 0 Å². The normalized spacial score (nSPS) is 12.0. The first kappa shape index (κ1) is 15.4. The molecule has 2 aromatic rings. The van der Waals surface area contributed by atoms with E-state index in [4.69, 9.17) is 0 Å². The fourth-order valence-electron chi connectivity index (χ4n) is 1.82. The topological polar surface area (TPSA) is 66.9 Å². The van der Waals surface area contributed by atoms with Gasteiger partial charge >= 0.3 is 0 Å². The van der Waals surface area contributed by atoms with Crippen LogP contribution in [0.5, 0.6) is 0 Å². The molecule has 1 amide bonds. The van der Waals surface area contributed by atoms with Gasteiger partial charge in [-0.3, -0.25) is 4.79 Å². The van der Waals surface area contributed by atoms with Gasteiger partial charge in [-0.2, -0.15) is 0 Å². The molecule has 0 aliphatic heterocycles. The Balaban J connectivity index is 1.97. The Morgan fingerprint density at radius 3 is 2.67 bits per heavy atom. The lowest BCUT2D eigenvalue weighted by Gasteiger charge is -2.13. The average Bonchev–Trinajstić information content (AvgIpc) is 2.94. The lowest BCUT2D eigenvalue weighted by molar-refractivity contribution is 0.0939.